The highest BCUT2D eigenvalue weighted by atomic mass is 32.1. The van der Waals surface area contributed by atoms with Crippen molar-refractivity contribution in [3.63, 3.8) is 0 Å². The molecule has 2 aromatic rings. The number of carbonyl (C=O) groups excluding carboxylic acids is 1. The molecule has 1 amide bonds. The van der Waals surface area contributed by atoms with Gasteiger partial charge in [0.15, 0.2) is 5.11 Å². The van der Waals surface area contributed by atoms with E-state index >= 15 is 0 Å². The van der Waals surface area contributed by atoms with Gasteiger partial charge in [0.1, 0.15) is 11.5 Å². The first-order valence-electron chi connectivity index (χ1n) is 11.2. The maximum atomic E-state index is 12.5. The molecular weight excluding hydrogens is 408 g/mol. The molecule has 0 saturated carbocycles. The second kappa shape index (κ2) is 14.4. The molecule has 2 N–H and O–H groups in total. The molecule has 6 heteroatoms. The van der Waals surface area contributed by atoms with Gasteiger partial charge in [-0.25, -0.2) is 0 Å². The Kier molecular flexibility index (Phi) is 11.5. The number of hydrogen-bond acceptors (Lipinski definition) is 4. The molecule has 0 aliphatic carbocycles. The van der Waals surface area contributed by atoms with Gasteiger partial charge in [0.2, 0.25) is 0 Å². The lowest BCUT2D eigenvalue weighted by molar-refractivity contribution is 0.0977. The quantitative estimate of drug-likeness (QED) is 0.280. The molecule has 0 atom stereocenters. The Balaban J connectivity index is 1.81. The van der Waals surface area contributed by atoms with E-state index in [0.717, 1.165) is 30.7 Å². The Labute approximate surface area is 191 Å². The zero-order valence-corrected chi connectivity index (χ0v) is 19.4. The van der Waals surface area contributed by atoms with Crippen LogP contribution in [0.15, 0.2) is 48.5 Å². The van der Waals surface area contributed by atoms with Crippen LogP contribution in [0.25, 0.3) is 0 Å². The summed E-state index contributed by atoms with van der Waals surface area (Å²) in [5.41, 5.74) is 1.27. The molecule has 0 unspecified atom stereocenters. The predicted molar refractivity (Wildman–Crippen MR) is 131 cm³/mol. The SMILES string of the molecule is CCCCCCCOc1cccc(NC(=S)NC(=O)c2cccc(OCCCC)c2)c1. The van der Waals surface area contributed by atoms with E-state index in [9.17, 15) is 4.79 Å². The number of anilines is 1. The van der Waals surface area contributed by atoms with Gasteiger partial charge in [0.25, 0.3) is 5.91 Å². The Morgan fingerprint density at radius 1 is 0.839 bits per heavy atom. The molecule has 0 bridgehead atoms. The van der Waals surface area contributed by atoms with Gasteiger partial charge >= 0.3 is 0 Å². The smallest absolute Gasteiger partial charge is 0.257 e. The minimum absolute atomic E-state index is 0.235. The van der Waals surface area contributed by atoms with Crippen molar-refractivity contribution in [1.29, 1.82) is 0 Å². The van der Waals surface area contributed by atoms with Crippen LogP contribution in [-0.4, -0.2) is 24.2 Å². The maximum Gasteiger partial charge on any atom is 0.257 e. The first-order chi connectivity index (χ1) is 15.1. The lowest BCUT2D eigenvalue weighted by Crippen LogP contribution is -2.34. The number of amides is 1. The van der Waals surface area contributed by atoms with Crippen LogP contribution in [0.5, 0.6) is 11.5 Å². The van der Waals surface area contributed by atoms with Crippen LogP contribution < -0.4 is 20.1 Å². The van der Waals surface area contributed by atoms with Crippen LogP contribution >= 0.6 is 12.2 Å². The summed E-state index contributed by atoms with van der Waals surface area (Å²) in [6, 6.07) is 14.7. The summed E-state index contributed by atoms with van der Waals surface area (Å²) in [5, 5.41) is 6.00. The first kappa shape index (κ1) is 24.7. The topological polar surface area (TPSA) is 59.6 Å². The van der Waals surface area contributed by atoms with Crippen molar-refractivity contribution in [2.45, 2.75) is 58.8 Å². The number of benzene rings is 2. The molecule has 168 valence electrons. The van der Waals surface area contributed by atoms with Gasteiger partial charge in [0, 0.05) is 17.3 Å². The Hall–Kier alpha value is -2.60. The fourth-order valence-electron chi connectivity index (χ4n) is 2.96. The summed E-state index contributed by atoms with van der Waals surface area (Å²) in [6.07, 6.45) is 8.04. The lowest BCUT2D eigenvalue weighted by Gasteiger charge is -2.12. The van der Waals surface area contributed by atoms with Gasteiger partial charge in [-0.3, -0.25) is 10.1 Å². The van der Waals surface area contributed by atoms with E-state index in [2.05, 4.69) is 24.5 Å². The second-order valence-corrected chi connectivity index (χ2v) is 7.84. The molecule has 0 aliphatic heterocycles. The largest absolute Gasteiger partial charge is 0.494 e. The van der Waals surface area contributed by atoms with Crippen molar-refractivity contribution in [2.24, 2.45) is 0 Å². The van der Waals surface area contributed by atoms with Crippen molar-refractivity contribution in [3.8, 4) is 11.5 Å². The molecule has 0 radical (unpaired) electrons. The van der Waals surface area contributed by atoms with Crippen molar-refractivity contribution in [1.82, 2.24) is 5.32 Å². The molecule has 0 fully saturated rings. The third kappa shape index (κ3) is 9.83. The first-order valence-corrected chi connectivity index (χ1v) is 11.6. The number of carbonyl (C=O) groups is 1. The monoisotopic (exact) mass is 442 g/mol. The van der Waals surface area contributed by atoms with Crippen molar-refractivity contribution in [3.05, 3.63) is 54.1 Å². The zero-order valence-electron chi connectivity index (χ0n) is 18.6. The van der Waals surface area contributed by atoms with Crippen molar-refractivity contribution >= 4 is 28.9 Å². The number of nitrogens with one attached hydrogen (secondary N) is 2. The number of ether oxygens (including phenoxy) is 2. The molecule has 0 aromatic heterocycles. The Bertz CT molecular complexity index is 826. The molecule has 31 heavy (non-hydrogen) atoms. The lowest BCUT2D eigenvalue weighted by atomic mass is 10.2. The molecular formula is C25H34N2O3S. The number of unbranched alkanes of at least 4 members (excludes halogenated alkanes) is 5. The number of hydrogen-bond donors (Lipinski definition) is 2. The molecule has 2 aromatic carbocycles. The van der Waals surface area contributed by atoms with Crippen LogP contribution in [0.3, 0.4) is 0 Å². The minimum atomic E-state index is -0.280. The highest BCUT2D eigenvalue weighted by Gasteiger charge is 2.09. The Morgan fingerprint density at radius 2 is 1.48 bits per heavy atom. The zero-order chi connectivity index (χ0) is 22.3. The molecule has 0 heterocycles. The van der Waals surface area contributed by atoms with Crippen LogP contribution in [0.1, 0.15) is 69.2 Å². The molecule has 0 spiro atoms. The minimum Gasteiger partial charge on any atom is -0.494 e. The molecule has 0 aliphatic rings. The van der Waals surface area contributed by atoms with Gasteiger partial charge < -0.3 is 14.8 Å². The summed E-state index contributed by atoms with van der Waals surface area (Å²) in [7, 11) is 0. The van der Waals surface area contributed by atoms with Gasteiger partial charge in [-0.2, -0.15) is 0 Å². The number of rotatable bonds is 13. The average molecular weight is 443 g/mol. The van der Waals surface area contributed by atoms with Gasteiger partial charge in [-0.05, 0) is 55.4 Å². The third-order valence-electron chi connectivity index (χ3n) is 4.70. The van der Waals surface area contributed by atoms with Crippen LogP contribution in [-0.2, 0) is 0 Å². The van der Waals surface area contributed by atoms with E-state index in [1.807, 2.05) is 30.3 Å². The average Bonchev–Trinajstić information content (AvgIpc) is 2.77. The Morgan fingerprint density at radius 3 is 2.23 bits per heavy atom. The number of thiocarbonyl (C=S) groups is 1. The molecule has 2 rings (SSSR count). The van der Waals surface area contributed by atoms with Crippen molar-refractivity contribution < 1.29 is 14.3 Å². The van der Waals surface area contributed by atoms with Gasteiger partial charge in [0.05, 0.1) is 13.2 Å². The summed E-state index contributed by atoms with van der Waals surface area (Å²) in [6.45, 7) is 5.66. The van der Waals surface area contributed by atoms with Gasteiger partial charge in [-0.15, -0.1) is 0 Å². The van der Waals surface area contributed by atoms with E-state index in [4.69, 9.17) is 21.7 Å². The van der Waals surface area contributed by atoms with E-state index in [0.29, 0.717) is 24.5 Å². The van der Waals surface area contributed by atoms with Gasteiger partial charge in [-0.1, -0.05) is 58.1 Å². The highest BCUT2D eigenvalue weighted by molar-refractivity contribution is 7.80. The molecule has 5 nitrogen and oxygen atoms in total. The summed E-state index contributed by atoms with van der Waals surface area (Å²) >= 11 is 5.31. The summed E-state index contributed by atoms with van der Waals surface area (Å²) in [4.78, 5) is 12.5. The van der Waals surface area contributed by atoms with E-state index < -0.39 is 0 Å². The summed E-state index contributed by atoms with van der Waals surface area (Å²) in [5.74, 6) is 1.18. The summed E-state index contributed by atoms with van der Waals surface area (Å²) < 4.78 is 11.5. The van der Waals surface area contributed by atoms with E-state index in [1.54, 1.807) is 18.2 Å². The van der Waals surface area contributed by atoms with Crippen LogP contribution in [0.4, 0.5) is 5.69 Å². The maximum absolute atomic E-state index is 12.5. The highest BCUT2D eigenvalue weighted by Crippen LogP contribution is 2.18. The van der Waals surface area contributed by atoms with Crippen LogP contribution in [0.2, 0.25) is 0 Å². The fourth-order valence-corrected chi connectivity index (χ4v) is 3.17. The second-order valence-electron chi connectivity index (χ2n) is 7.43. The van der Waals surface area contributed by atoms with E-state index in [1.165, 1.54) is 25.7 Å². The third-order valence-corrected chi connectivity index (χ3v) is 4.90. The van der Waals surface area contributed by atoms with Crippen LogP contribution in [0, 0.1) is 0 Å². The normalized spacial score (nSPS) is 10.4. The van der Waals surface area contributed by atoms with E-state index in [-0.39, 0.29) is 11.0 Å². The predicted octanol–water partition coefficient (Wildman–Crippen LogP) is 6.34. The van der Waals surface area contributed by atoms with Crippen molar-refractivity contribution in [2.75, 3.05) is 18.5 Å². The fraction of sp³-hybridized carbons (Fsp3) is 0.440. The molecule has 0 saturated heterocycles. The standard InChI is InChI=1S/C25H34N2O3S/c1-3-5-7-8-9-17-30-23-15-11-13-21(19-23)26-25(31)27-24(28)20-12-10-14-22(18-20)29-16-6-4-2/h10-15,18-19H,3-9,16-17H2,1-2H3,(H2,26,27,28,31).